The Morgan fingerprint density at radius 3 is 2.28 bits per heavy atom. The SMILES string of the molecule is Cl.O=C(Nc1nc2n(n1)C(c1ccc(Cl)cc1)C=C(c1ccccc1)N2)c1ccccc1. The molecule has 160 valence electrons. The average Bonchev–Trinajstić information content (AvgIpc) is 3.22. The Morgan fingerprint density at radius 2 is 1.59 bits per heavy atom. The summed E-state index contributed by atoms with van der Waals surface area (Å²) in [4.78, 5) is 17.1. The molecule has 1 aromatic heterocycles. The molecule has 1 amide bonds. The van der Waals surface area contributed by atoms with Crippen molar-refractivity contribution in [1.29, 1.82) is 0 Å². The van der Waals surface area contributed by atoms with Gasteiger partial charge in [0.15, 0.2) is 0 Å². The molecule has 0 aliphatic carbocycles. The van der Waals surface area contributed by atoms with Crippen molar-refractivity contribution in [2.24, 2.45) is 0 Å². The molecule has 8 heteroatoms. The molecule has 0 spiro atoms. The van der Waals surface area contributed by atoms with Gasteiger partial charge in [-0.25, -0.2) is 4.68 Å². The van der Waals surface area contributed by atoms with Gasteiger partial charge >= 0.3 is 0 Å². The van der Waals surface area contributed by atoms with Crippen LogP contribution < -0.4 is 10.6 Å². The summed E-state index contributed by atoms with van der Waals surface area (Å²) < 4.78 is 1.76. The Kier molecular flexibility index (Phi) is 6.25. The van der Waals surface area contributed by atoms with Gasteiger partial charge in [0.05, 0.1) is 0 Å². The molecule has 1 atom stereocenters. The van der Waals surface area contributed by atoms with Gasteiger partial charge in [0, 0.05) is 16.3 Å². The van der Waals surface area contributed by atoms with Gasteiger partial charge in [-0.15, -0.1) is 17.5 Å². The van der Waals surface area contributed by atoms with Crippen LogP contribution >= 0.6 is 24.0 Å². The summed E-state index contributed by atoms with van der Waals surface area (Å²) >= 11 is 6.08. The number of carbonyl (C=O) groups is 1. The van der Waals surface area contributed by atoms with Crippen LogP contribution in [-0.2, 0) is 0 Å². The number of aromatic nitrogens is 3. The zero-order valence-electron chi connectivity index (χ0n) is 16.8. The van der Waals surface area contributed by atoms with Gasteiger partial charge in [-0.05, 0) is 41.5 Å². The Bertz CT molecular complexity index is 1250. The molecule has 5 rings (SSSR count). The second-order valence-electron chi connectivity index (χ2n) is 7.09. The highest BCUT2D eigenvalue weighted by Crippen LogP contribution is 2.33. The molecule has 0 fully saturated rings. The van der Waals surface area contributed by atoms with Crippen LogP contribution in [0.1, 0.15) is 27.5 Å². The van der Waals surface area contributed by atoms with Crippen molar-refractivity contribution in [2.45, 2.75) is 6.04 Å². The lowest BCUT2D eigenvalue weighted by Gasteiger charge is -2.24. The third kappa shape index (κ3) is 4.37. The first-order valence-electron chi connectivity index (χ1n) is 9.80. The van der Waals surface area contributed by atoms with Crippen LogP contribution in [0.5, 0.6) is 0 Å². The minimum Gasteiger partial charge on any atom is -0.324 e. The van der Waals surface area contributed by atoms with Crippen LogP contribution in [0.4, 0.5) is 11.9 Å². The molecule has 0 saturated carbocycles. The summed E-state index contributed by atoms with van der Waals surface area (Å²) in [5.41, 5.74) is 3.50. The Balaban J connectivity index is 0.00000245. The largest absolute Gasteiger partial charge is 0.324 e. The van der Waals surface area contributed by atoms with Crippen LogP contribution in [0.3, 0.4) is 0 Å². The minimum atomic E-state index is -0.261. The lowest BCUT2D eigenvalue weighted by Crippen LogP contribution is -2.20. The van der Waals surface area contributed by atoms with Crippen molar-refractivity contribution < 1.29 is 4.79 Å². The van der Waals surface area contributed by atoms with E-state index in [0.717, 1.165) is 16.8 Å². The lowest BCUT2D eigenvalue weighted by molar-refractivity contribution is 0.102. The maximum atomic E-state index is 12.6. The molecule has 3 aromatic carbocycles. The van der Waals surface area contributed by atoms with Gasteiger partial charge in [0.2, 0.25) is 5.95 Å². The second kappa shape index (κ2) is 9.26. The molecule has 4 aromatic rings. The number of carbonyl (C=O) groups excluding carboxylic acids is 1. The smallest absolute Gasteiger partial charge is 0.258 e. The normalized spacial score (nSPS) is 14.4. The van der Waals surface area contributed by atoms with E-state index in [1.807, 2.05) is 72.8 Å². The fraction of sp³-hybridized carbons (Fsp3) is 0.0417. The fourth-order valence-electron chi connectivity index (χ4n) is 3.49. The maximum Gasteiger partial charge on any atom is 0.258 e. The van der Waals surface area contributed by atoms with Gasteiger partial charge in [-0.3, -0.25) is 10.1 Å². The van der Waals surface area contributed by atoms with Gasteiger partial charge in [-0.2, -0.15) is 4.98 Å². The number of allylic oxidation sites excluding steroid dienone is 1. The number of hydrogen-bond donors (Lipinski definition) is 2. The van der Waals surface area contributed by atoms with Crippen molar-refractivity contribution in [3.05, 3.63) is 113 Å². The number of hydrogen-bond acceptors (Lipinski definition) is 4. The third-order valence-corrected chi connectivity index (χ3v) is 5.28. The van der Waals surface area contributed by atoms with E-state index >= 15 is 0 Å². The lowest BCUT2D eigenvalue weighted by atomic mass is 10.0. The molecule has 1 aliphatic rings. The first-order valence-corrected chi connectivity index (χ1v) is 10.2. The summed E-state index contributed by atoms with van der Waals surface area (Å²) in [7, 11) is 0. The molecular weight excluding hydrogens is 445 g/mol. The number of rotatable bonds is 4. The standard InChI is InChI=1S/C24H18ClN5O.ClH/c25-19-13-11-17(12-14-19)21-15-20(16-7-3-1-4-8-16)26-24-28-23(29-30(21)24)27-22(31)18-9-5-2-6-10-18;/h1-15,21H,(H2,26,27,28,29,31);1H. The number of fused-ring (bicyclic) bond motifs is 1. The van der Waals surface area contributed by atoms with Crippen LogP contribution in [0.25, 0.3) is 5.70 Å². The van der Waals surface area contributed by atoms with Crippen LogP contribution in [0.2, 0.25) is 5.02 Å². The fourth-order valence-corrected chi connectivity index (χ4v) is 3.62. The predicted octanol–water partition coefficient (Wildman–Crippen LogP) is 5.66. The van der Waals surface area contributed by atoms with Crippen molar-refractivity contribution in [3.63, 3.8) is 0 Å². The highest BCUT2D eigenvalue weighted by atomic mass is 35.5. The highest BCUT2D eigenvalue weighted by Gasteiger charge is 2.26. The molecule has 2 N–H and O–H groups in total. The molecule has 0 saturated heterocycles. The van der Waals surface area contributed by atoms with E-state index in [0.29, 0.717) is 16.5 Å². The van der Waals surface area contributed by atoms with E-state index in [9.17, 15) is 4.79 Å². The highest BCUT2D eigenvalue weighted by molar-refractivity contribution is 6.30. The zero-order valence-corrected chi connectivity index (χ0v) is 18.3. The van der Waals surface area contributed by atoms with E-state index in [1.165, 1.54) is 0 Å². The van der Waals surface area contributed by atoms with Crippen LogP contribution in [0.15, 0.2) is 91.0 Å². The van der Waals surface area contributed by atoms with Crippen LogP contribution in [-0.4, -0.2) is 20.7 Å². The molecule has 2 heterocycles. The zero-order chi connectivity index (χ0) is 21.2. The number of amides is 1. The van der Waals surface area contributed by atoms with Gasteiger partial charge < -0.3 is 5.32 Å². The molecule has 0 radical (unpaired) electrons. The van der Waals surface area contributed by atoms with E-state index in [2.05, 4.69) is 26.8 Å². The van der Waals surface area contributed by atoms with Crippen molar-refractivity contribution in [3.8, 4) is 0 Å². The second-order valence-corrected chi connectivity index (χ2v) is 7.53. The molecular formula is C24H19Cl2N5O. The average molecular weight is 464 g/mol. The first-order chi connectivity index (χ1) is 15.2. The van der Waals surface area contributed by atoms with Gasteiger partial charge in [-0.1, -0.05) is 72.3 Å². The van der Waals surface area contributed by atoms with Gasteiger partial charge in [0.25, 0.3) is 11.9 Å². The summed E-state index contributed by atoms with van der Waals surface area (Å²) in [5.74, 6) is 0.519. The minimum absolute atomic E-state index is 0. The van der Waals surface area contributed by atoms with Gasteiger partial charge in [0.1, 0.15) is 6.04 Å². The van der Waals surface area contributed by atoms with E-state index in [4.69, 9.17) is 11.6 Å². The molecule has 1 aliphatic heterocycles. The summed E-state index contributed by atoms with van der Waals surface area (Å²) in [5, 5.41) is 11.3. The summed E-state index contributed by atoms with van der Waals surface area (Å²) in [6.07, 6.45) is 2.09. The van der Waals surface area contributed by atoms with E-state index in [-0.39, 0.29) is 30.3 Å². The summed E-state index contributed by atoms with van der Waals surface area (Å²) in [6.45, 7) is 0. The topological polar surface area (TPSA) is 71.8 Å². The Labute approximate surface area is 196 Å². The Morgan fingerprint density at radius 1 is 0.938 bits per heavy atom. The molecule has 0 bridgehead atoms. The maximum absolute atomic E-state index is 12.6. The quantitative estimate of drug-likeness (QED) is 0.409. The number of halogens is 2. The van der Waals surface area contributed by atoms with Crippen LogP contribution in [0, 0.1) is 0 Å². The van der Waals surface area contributed by atoms with E-state index in [1.54, 1.807) is 16.8 Å². The first kappa shape index (κ1) is 21.6. The number of benzene rings is 3. The van der Waals surface area contributed by atoms with Crippen molar-refractivity contribution in [2.75, 3.05) is 10.6 Å². The molecule has 1 unspecified atom stereocenters. The monoisotopic (exact) mass is 463 g/mol. The molecule has 32 heavy (non-hydrogen) atoms. The van der Waals surface area contributed by atoms with Crippen molar-refractivity contribution >= 4 is 47.5 Å². The molecule has 6 nitrogen and oxygen atoms in total. The Hall–Kier alpha value is -3.61. The third-order valence-electron chi connectivity index (χ3n) is 5.02. The van der Waals surface area contributed by atoms with Crippen molar-refractivity contribution in [1.82, 2.24) is 14.8 Å². The number of nitrogens with zero attached hydrogens (tertiary/aromatic N) is 3. The summed E-state index contributed by atoms with van der Waals surface area (Å²) in [6, 6.07) is 26.4. The number of anilines is 2. The predicted molar refractivity (Wildman–Crippen MR) is 129 cm³/mol. The van der Waals surface area contributed by atoms with E-state index < -0.39 is 0 Å². The number of nitrogens with one attached hydrogen (secondary N) is 2.